The molecule has 27 heavy (non-hydrogen) atoms. The third-order valence-corrected chi connectivity index (χ3v) is 5.22. The van der Waals surface area contributed by atoms with Gasteiger partial charge in [-0.25, -0.2) is 0 Å². The number of hydrogen-bond donors (Lipinski definition) is 0. The maximum Gasteiger partial charge on any atom is 0.416 e. The standard InChI is InChI=1S/C19H24F3N3O2/c20-19(21,22)16-5-3-15(4-6-16)18(27)25-13-11-24(12-14-25)17(26)7-10-23-8-1-2-9-23/h3-6H,1-2,7-14H2. The second-order valence-corrected chi connectivity index (χ2v) is 7.05. The lowest BCUT2D eigenvalue weighted by molar-refractivity contribution is -0.137. The van der Waals surface area contributed by atoms with E-state index >= 15 is 0 Å². The predicted octanol–water partition coefficient (Wildman–Crippen LogP) is 2.48. The van der Waals surface area contributed by atoms with Crippen molar-refractivity contribution < 1.29 is 22.8 Å². The number of likely N-dealkylation sites (tertiary alicyclic amines) is 1. The topological polar surface area (TPSA) is 43.9 Å². The van der Waals surface area contributed by atoms with Gasteiger partial charge in [-0.3, -0.25) is 9.59 Å². The molecule has 2 amide bonds. The number of carbonyl (C=O) groups excluding carboxylic acids is 2. The van der Waals surface area contributed by atoms with Crippen LogP contribution in [0.2, 0.25) is 0 Å². The molecule has 2 aliphatic rings. The van der Waals surface area contributed by atoms with Crippen molar-refractivity contribution in [1.82, 2.24) is 14.7 Å². The number of carbonyl (C=O) groups is 2. The van der Waals surface area contributed by atoms with E-state index in [1.54, 1.807) is 9.80 Å². The molecule has 2 aliphatic heterocycles. The summed E-state index contributed by atoms with van der Waals surface area (Å²) in [5.74, 6) is -0.198. The zero-order chi connectivity index (χ0) is 19.4. The molecule has 5 nitrogen and oxygen atoms in total. The van der Waals surface area contributed by atoms with Crippen molar-refractivity contribution in [3.8, 4) is 0 Å². The zero-order valence-electron chi connectivity index (χ0n) is 15.2. The largest absolute Gasteiger partial charge is 0.416 e. The Morgan fingerprint density at radius 2 is 1.41 bits per heavy atom. The van der Waals surface area contributed by atoms with Crippen LogP contribution >= 0.6 is 0 Å². The SMILES string of the molecule is O=C(CCN1CCCC1)N1CCN(C(=O)c2ccc(C(F)(F)F)cc2)CC1. The van der Waals surface area contributed by atoms with E-state index in [2.05, 4.69) is 4.90 Å². The lowest BCUT2D eigenvalue weighted by Gasteiger charge is -2.35. The Labute approximate surface area is 156 Å². The predicted molar refractivity (Wildman–Crippen MR) is 94.2 cm³/mol. The van der Waals surface area contributed by atoms with Crippen molar-refractivity contribution in [3.05, 3.63) is 35.4 Å². The fourth-order valence-corrected chi connectivity index (χ4v) is 3.56. The van der Waals surface area contributed by atoms with E-state index in [4.69, 9.17) is 0 Å². The van der Waals surface area contributed by atoms with Crippen molar-refractivity contribution in [2.24, 2.45) is 0 Å². The highest BCUT2D eigenvalue weighted by atomic mass is 19.4. The molecule has 0 spiro atoms. The van der Waals surface area contributed by atoms with E-state index in [-0.39, 0.29) is 17.4 Å². The van der Waals surface area contributed by atoms with Gasteiger partial charge in [0.15, 0.2) is 0 Å². The van der Waals surface area contributed by atoms with Gasteiger partial charge in [-0.05, 0) is 50.2 Å². The molecule has 0 atom stereocenters. The highest BCUT2D eigenvalue weighted by Gasteiger charge is 2.31. The van der Waals surface area contributed by atoms with Crippen LogP contribution in [0.25, 0.3) is 0 Å². The smallest absolute Gasteiger partial charge is 0.339 e. The number of nitrogens with zero attached hydrogens (tertiary/aromatic N) is 3. The molecule has 2 fully saturated rings. The average Bonchev–Trinajstić information content (AvgIpc) is 3.19. The molecule has 0 bridgehead atoms. The summed E-state index contributed by atoms with van der Waals surface area (Å²) in [5.41, 5.74) is -0.538. The van der Waals surface area contributed by atoms with Crippen molar-refractivity contribution >= 4 is 11.8 Å². The molecule has 0 aliphatic carbocycles. The Morgan fingerprint density at radius 1 is 0.852 bits per heavy atom. The molecule has 2 heterocycles. The van der Waals surface area contributed by atoms with Crippen LogP contribution < -0.4 is 0 Å². The van der Waals surface area contributed by atoms with Crippen molar-refractivity contribution in [2.45, 2.75) is 25.4 Å². The van der Waals surface area contributed by atoms with Crippen LogP contribution in [0, 0.1) is 0 Å². The summed E-state index contributed by atoms with van der Waals surface area (Å²) in [7, 11) is 0. The lowest BCUT2D eigenvalue weighted by Crippen LogP contribution is -2.51. The Balaban J connectivity index is 1.48. The van der Waals surface area contributed by atoms with E-state index in [0.717, 1.165) is 31.8 Å². The number of rotatable bonds is 4. The molecule has 148 valence electrons. The number of amides is 2. The Hall–Kier alpha value is -2.09. The van der Waals surface area contributed by atoms with Crippen molar-refractivity contribution in [2.75, 3.05) is 45.8 Å². The molecule has 2 saturated heterocycles. The normalized spacial score (nSPS) is 18.8. The van der Waals surface area contributed by atoms with Gasteiger partial charge in [0.05, 0.1) is 5.56 Å². The van der Waals surface area contributed by atoms with Gasteiger partial charge in [-0.1, -0.05) is 0 Å². The minimum absolute atomic E-state index is 0.100. The molecule has 3 rings (SSSR count). The van der Waals surface area contributed by atoms with Gasteiger partial charge >= 0.3 is 6.18 Å². The summed E-state index contributed by atoms with van der Waals surface area (Å²) in [5, 5.41) is 0. The van der Waals surface area contributed by atoms with Crippen LogP contribution in [0.5, 0.6) is 0 Å². The second kappa shape index (κ2) is 8.29. The first-order valence-electron chi connectivity index (χ1n) is 9.31. The quantitative estimate of drug-likeness (QED) is 0.802. The molecule has 0 aromatic heterocycles. The van der Waals surface area contributed by atoms with Gasteiger partial charge in [0, 0.05) is 44.7 Å². The molecule has 1 aromatic carbocycles. The summed E-state index contributed by atoms with van der Waals surface area (Å²) in [6, 6.07) is 4.26. The summed E-state index contributed by atoms with van der Waals surface area (Å²) >= 11 is 0. The zero-order valence-corrected chi connectivity index (χ0v) is 15.2. The minimum Gasteiger partial charge on any atom is -0.339 e. The Kier molecular flexibility index (Phi) is 6.04. The molecule has 0 unspecified atom stereocenters. The van der Waals surface area contributed by atoms with Crippen LogP contribution in [-0.4, -0.2) is 72.3 Å². The molecule has 0 saturated carbocycles. The summed E-state index contributed by atoms with van der Waals surface area (Å²) in [6.45, 7) is 4.62. The molecular weight excluding hydrogens is 359 g/mol. The van der Waals surface area contributed by atoms with Gasteiger partial charge in [0.25, 0.3) is 5.91 Å². The Bertz CT molecular complexity index is 662. The third kappa shape index (κ3) is 5.00. The van der Waals surface area contributed by atoms with E-state index in [1.807, 2.05) is 0 Å². The number of halogens is 3. The first-order chi connectivity index (χ1) is 12.8. The van der Waals surface area contributed by atoms with Crippen LogP contribution in [-0.2, 0) is 11.0 Å². The fourth-order valence-electron chi connectivity index (χ4n) is 3.56. The fraction of sp³-hybridized carbons (Fsp3) is 0.579. The lowest BCUT2D eigenvalue weighted by atomic mass is 10.1. The average molecular weight is 383 g/mol. The number of hydrogen-bond acceptors (Lipinski definition) is 3. The monoisotopic (exact) mass is 383 g/mol. The van der Waals surface area contributed by atoms with Crippen LogP contribution in [0.4, 0.5) is 13.2 Å². The third-order valence-electron chi connectivity index (χ3n) is 5.22. The molecule has 1 aromatic rings. The summed E-state index contributed by atoms with van der Waals surface area (Å²) in [4.78, 5) is 30.4. The van der Waals surface area contributed by atoms with Crippen LogP contribution in [0.1, 0.15) is 35.2 Å². The van der Waals surface area contributed by atoms with Gasteiger partial charge in [0.2, 0.25) is 5.91 Å². The van der Waals surface area contributed by atoms with Gasteiger partial charge in [-0.2, -0.15) is 13.2 Å². The number of piperazine rings is 1. The molecule has 8 heteroatoms. The first kappa shape index (κ1) is 19.7. The minimum atomic E-state index is -4.41. The van der Waals surface area contributed by atoms with Gasteiger partial charge in [0.1, 0.15) is 0 Å². The maximum atomic E-state index is 12.6. The van der Waals surface area contributed by atoms with E-state index < -0.39 is 11.7 Å². The van der Waals surface area contributed by atoms with Crippen molar-refractivity contribution in [3.63, 3.8) is 0 Å². The number of benzene rings is 1. The molecule has 0 N–H and O–H groups in total. The molecule has 0 radical (unpaired) electrons. The summed E-state index contributed by atoms with van der Waals surface area (Å²) < 4.78 is 37.9. The highest BCUT2D eigenvalue weighted by molar-refractivity contribution is 5.94. The van der Waals surface area contributed by atoms with Crippen molar-refractivity contribution in [1.29, 1.82) is 0 Å². The maximum absolute atomic E-state index is 12.6. The van der Waals surface area contributed by atoms with E-state index in [1.165, 1.54) is 25.0 Å². The van der Waals surface area contributed by atoms with Crippen LogP contribution in [0.15, 0.2) is 24.3 Å². The van der Waals surface area contributed by atoms with Gasteiger partial charge in [-0.15, -0.1) is 0 Å². The van der Waals surface area contributed by atoms with E-state index in [0.29, 0.717) is 32.6 Å². The summed E-state index contributed by atoms with van der Waals surface area (Å²) in [6.07, 6.45) is -1.53. The Morgan fingerprint density at radius 3 is 1.96 bits per heavy atom. The van der Waals surface area contributed by atoms with Crippen LogP contribution in [0.3, 0.4) is 0 Å². The molecular formula is C19H24F3N3O2. The van der Waals surface area contributed by atoms with E-state index in [9.17, 15) is 22.8 Å². The number of alkyl halides is 3. The highest BCUT2D eigenvalue weighted by Crippen LogP contribution is 2.29. The first-order valence-corrected chi connectivity index (χ1v) is 9.31. The second-order valence-electron chi connectivity index (χ2n) is 7.05. The van der Waals surface area contributed by atoms with Gasteiger partial charge < -0.3 is 14.7 Å².